The van der Waals surface area contributed by atoms with Crippen molar-refractivity contribution in [3.63, 3.8) is 0 Å². The second kappa shape index (κ2) is 8.07. The number of benzene rings is 2. The second-order valence-electron chi connectivity index (χ2n) is 8.09. The maximum Gasteiger partial charge on any atom is 0.416 e. The smallest absolute Gasteiger partial charge is 0.416 e. The van der Waals surface area contributed by atoms with Gasteiger partial charge in [0.25, 0.3) is 0 Å². The molecule has 0 saturated heterocycles. The number of aromatic nitrogens is 6. The summed E-state index contributed by atoms with van der Waals surface area (Å²) in [4.78, 5) is 14.1. The number of imidazole rings is 1. The van der Waals surface area contributed by atoms with Crippen molar-refractivity contribution in [1.29, 1.82) is 0 Å². The number of halogens is 3. The molecule has 0 saturated carbocycles. The van der Waals surface area contributed by atoms with E-state index in [1.807, 2.05) is 0 Å². The summed E-state index contributed by atoms with van der Waals surface area (Å²) in [5.74, 6) is 0.526. The number of tetrazole rings is 1. The van der Waals surface area contributed by atoms with Crippen molar-refractivity contribution < 1.29 is 27.6 Å². The minimum Gasteiger partial charge on any atom is -0.489 e. The van der Waals surface area contributed by atoms with Crippen LogP contribution in [-0.4, -0.2) is 46.9 Å². The van der Waals surface area contributed by atoms with Gasteiger partial charge in [0.1, 0.15) is 18.6 Å². The Morgan fingerprint density at radius 1 is 1.17 bits per heavy atom. The zero-order chi connectivity index (χ0) is 24.8. The van der Waals surface area contributed by atoms with Crippen molar-refractivity contribution in [2.24, 2.45) is 0 Å². The van der Waals surface area contributed by atoms with E-state index in [4.69, 9.17) is 9.47 Å². The van der Waals surface area contributed by atoms with Gasteiger partial charge in [-0.3, -0.25) is 4.57 Å². The average Bonchev–Trinajstić information content (AvgIpc) is 3.52. The third kappa shape index (κ3) is 4.37. The van der Waals surface area contributed by atoms with Crippen molar-refractivity contribution >= 4 is 5.82 Å². The fourth-order valence-electron chi connectivity index (χ4n) is 3.63. The van der Waals surface area contributed by atoms with Crippen LogP contribution < -0.4 is 9.47 Å². The standard InChI is InChI=1S/C21H16F3N7O4/c1-20(11-29-10-17(31(32)33)25-19(29)35-20)12-34-16-8-6-15(7-9-16)30-18(26-27-28-30)13-2-4-14(5-3-13)21(22,23)24/h2-10H,11-12H2,1H3/t20-/m1/s1. The first kappa shape index (κ1) is 22.3. The largest absolute Gasteiger partial charge is 0.489 e. The molecule has 0 amide bonds. The average molecular weight is 487 g/mol. The lowest BCUT2D eigenvalue weighted by Gasteiger charge is -2.22. The molecule has 180 valence electrons. The highest BCUT2D eigenvalue weighted by molar-refractivity contribution is 5.58. The molecule has 35 heavy (non-hydrogen) atoms. The lowest BCUT2D eigenvalue weighted by atomic mass is 10.1. The van der Waals surface area contributed by atoms with Crippen LogP contribution in [0, 0.1) is 10.1 Å². The molecule has 0 fully saturated rings. The Balaban J connectivity index is 1.26. The fraction of sp³-hybridized carbons (Fsp3) is 0.238. The quantitative estimate of drug-likeness (QED) is 0.298. The molecule has 0 aliphatic carbocycles. The van der Waals surface area contributed by atoms with Crippen LogP contribution >= 0.6 is 0 Å². The van der Waals surface area contributed by atoms with Gasteiger partial charge in [-0.05, 0) is 58.7 Å². The summed E-state index contributed by atoms with van der Waals surface area (Å²) in [6.45, 7) is 2.30. The Kier molecular flexibility index (Phi) is 5.15. The predicted octanol–water partition coefficient (Wildman–Crippen LogP) is 3.68. The molecule has 5 rings (SSSR count). The first-order valence-electron chi connectivity index (χ1n) is 10.2. The van der Waals surface area contributed by atoms with Crippen LogP contribution in [0.4, 0.5) is 19.0 Å². The number of hydrogen-bond donors (Lipinski definition) is 0. The molecule has 2 aromatic carbocycles. The van der Waals surface area contributed by atoms with Gasteiger partial charge < -0.3 is 19.6 Å². The van der Waals surface area contributed by atoms with Crippen LogP contribution in [0.2, 0.25) is 0 Å². The maximum absolute atomic E-state index is 12.8. The van der Waals surface area contributed by atoms with Gasteiger partial charge in [-0.15, -0.1) is 5.10 Å². The molecule has 0 spiro atoms. The maximum atomic E-state index is 12.8. The summed E-state index contributed by atoms with van der Waals surface area (Å²) in [7, 11) is 0. The van der Waals surface area contributed by atoms with Gasteiger partial charge in [0.05, 0.1) is 17.8 Å². The van der Waals surface area contributed by atoms with E-state index in [0.29, 0.717) is 23.5 Å². The molecule has 11 nitrogen and oxygen atoms in total. The Morgan fingerprint density at radius 3 is 2.51 bits per heavy atom. The summed E-state index contributed by atoms with van der Waals surface area (Å²) in [6, 6.07) is 11.5. The van der Waals surface area contributed by atoms with E-state index >= 15 is 0 Å². The van der Waals surface area contributed by atoms with E-state index in [1.54, 1.807) is 35.8 Å². The van der Waals surface area contributed by atoms with E-state index in [0.717, 1.165) is 12.1 Å². The third-order valence-electron chi connectivity index (χ3n) is 5.32. The second-order valence-corrected chi connectivity index (χ2v) is 8.09. The molecule has 0 bridgehead atoms. The van der Waals surface area contributed by atoms with Crippen LogP contribution in [-0.2, 0) is 12.7 Å². The highest BCUT2D eigenvalue weighted by Crippen LogP contribution is 2.32. The van der Waals surface area contributed by atoms with E-state index in [1.165, 1.54) is 23.0 Å². The molecule has 1 atom stereocenters. The zero-order valence-corrected chi connectivity index (χ0v) is 18.0. The molecular weight excluding hydrogens is 471 g/mol. The number of rotatable bonds is 6. The van der Waals surface area contributed by atoms with Crippen molar-refractivity contribution in [1.82, 2.24) is 29.8 Å². The molecule has 0 N–H and O–H groups in total. The Labute approximate surface area is 194 Å². The Hall–Kier alpha value is -4.49. The van der Waals surface area contributed by atoms with Gasteiger partial charge in [-0.2, -0.15) is 17.9 Å². The first-order chi connectivity index (χ1) is 16.6. The van der Waals surface area contributed by atoms with Crippen molar-refractivity contribution in [2.45, 2.75) is 25.2 Å². The molecule has 0 radical (unpaired) electrons. The number of hydrogen-bond acceptors (Lipinski definition) is 8. The summed E-state index contributed by atoms with van der Waals surface area (Å²) in [5.41, 5.74) is -0.523. The van der Waals surface area contributed by atoms with Gasteiger partial charge in [0, 0.05) is 10.5 Å². The number of fused-ring (bicyclic) bond motifs is 1. The zero-order valence-electron chi connectivity index (χ0n) is 18.0. The highest BCUT2D eigenvalue weighted by Gasteiger charge is 2.41. The number of nitro groups is 1. The molecule has 3 heterocycles. The van der Waals surface area contributed by atoms with Gasteiger partial charge in [0.2, 0.25) is 0 Å². The first-order valence-corrected chi connectivity index (χ1v) is 10.2. The summed E-state index contributed by atoms with van der Waals surface area (Å²) in [6.07, 6.45) is -3.12. The molecule has 1 aliphatic heterocycles. The van der Waals surface area contributed by atoms with Crippen LogP contribution in [0.5, 0.6) is 11.8 Å². The van der Waals surface area contributed by atoms with Crippen LogP contribution in [0.25, 0.3) is 17.1 Å². The SMILES string of the molecule is C[C@]1(COc2ccc(-n3nnnc3-c3ccc(C(F)(F)F)cc3)cc2)Cn2cc([N+](=O)[O-])nc2O1. The number of alkyl halides is 3. The minimum atomic E-state index is -4.43. The predicted molar refractivity (Wildman–Crippen MR) is 113 cm³/mol. The third-order valence-corrected chi connectivity index (χ3v) is 5.32. The van der Waals surface area contributed by atoms with Crippen molar-refractivity contribution in [2.75, 3.05) is 6.61 Å². The van der Waals surface area contributed by atoms with Crippen LogP contribution in [0.3, 0.4) is 0 Å². The lowest BCUT2D eigenvalue weighted by molar-refractivity contribution is -0.389. The van der Waals surface area contributed by atoms with Crippen LogP contribution in [0.15, 0.2) is 54.7 Å². The normalized spacial score (nSPS) is 17.1. The molecule has 14 heteroatoms. The fourth-order valence-corrected chi connectivity index (χ4v) is 3.63. The summed E-state index contributed by atoms with van der Waals surface area (Å²) < 4.78 is 53.0. The molecular formula is C21H16F3N7O4. The molecule has 0 unspecified atom stereocenters. The van der Waals surface area contributed by atoms with E-state index < -0.39 is 22.3 Å². The Bertz CT molecular complexity index is 1360. The molecule has 4 aromatic rings. The van der Waals surface area contributed by atoms with E-state index in [2.05, 4.69) is 20.5 Å². The molecule has 2 aromatic heterocycles. The van der Waals surface area contributed by atoms with Gasteiger partial charge in [-0.1, -0.05) is 12.1 Å². The lowest BCUT2D eigenvalue weighted by Crippen LogP contribution is -2.38. The van der Waals surface area contributed by atoms with Gasteiger partial charge in [0.15, 0.2) is 11.4 Å². The van der Waals surface area contributed by atoms with Crippen molar-refractivity contribution in [3.05, 3.63) is 70.4 Å². The highest BCUT2D eigenvalue weighted by atomic mass is 19.4. The monoisotopic (exact) mass is 487 g/mol. The summed E-state index contributed by atoms with van der Waals surface area (Å²) >= 11 is 0. The number of nitrogens with zero attached hydrogens (tertiary/aromatic N) is 7. The number of ether oxygens (including phenoxy) is 2. The Morgan fingerprint density at radius 2 is 1.89 bits per heavy atom. The summed E-state index contributed by atoms with van der Waals surface area (Å²) in [5, 5.41) is 22.3. The van der Waals surface area contributed by atoms with Crippen LogP contribution in [0.1, 0.15) is 12.5 Å². The minimum absolute atomic E-state index is 0.158. The van der Waals surface area contributed by atoms with Gasteiger partial charge in [-0.25, -0.2) is 0 Å². The van der Waals surface area contributed by atoms with Crippen molar-refractivity contribution in [3.8, 4) is 28.8 Å². The molecule has 1 aliphatic rings. The van der Waals surface area contributed by atoms with E-state index in [-0.39, 0.29) is 24.3 Å². The van der Waals surface area contributed by atoms with Gasteiger partial charge >= 0.3 is 18.0 Å². The van der Waals surface area contributed by atoms with E-state index in [9.17, 15) is 23.3 Å². The topological polar surface area (TPSA) is 123 Å².